The first-order valence-electron chi connectivity index (χ1n) is 9.10. The number of para-hydroxylation sites is 1. The Morgan fingerprint density at radius 2 is 2.11 bits per heavy atom. The van der Waals surface area contributed by atoms with Gasteiger partial charge in [0.05, 0.1) is 6.04 Å². The Labute approximate surface area is 156 Å². The van der Waals surface area contributed by atoms with Gasteiger partial charge in [0.15, 0.2) is 0 Å². The summed E-state index contributed by atoms with van der Waals surface area (Å²) in [6.45, 7) is -0.830. The van der Waals surface area contributed by atoms with Crippen LogP contribution in [0.4, 0.5) is 8.78 Å². The molecule has 1 saturated heterocycles. The van der Waals surface area contributed by atoms with Crippen LogP contribution < -0.4 is 10.1 Å². The van der Waals surface area contributed by atoms with Crippen molar-refractivity contribution in [1.29, 1.82) is 0 Å². The molecule has 1 aromatic carbocycles. The average Bonchev–Trinajstić information content (AvgIpc) is 3.49. The molecule has 2 aliphatic rings. The van der Waals surface area contributed by atoms with Gasteiger partial charge in [0.1, 0.15) is 5.75 Å². The minimum Gasteiger partial charge on any atom is -0.435 e. The van der Waals surface area contributed by atoms with E-state index in [4.69, 9.17) is 0 Å². The van der Waals surface area contributed by atoms with Crippen molar-refractivity contribution in [2.24, 2.45) is 5.92 Å². The molecule has 3 unspecified atom stereocenters. The molecule has 1 aliphatic heterocycles. The van der Waals surface area contributed by atoms with Crippen molar-refractivity contribution in [2.75, 3.05) is 19.6 Å². The molecule has 5 nitrogen and oxygen atoms in total. The smallest absolute Gasteiger partial charge is 0.387 e. The standard InChI is InChI=1S/C20H21F2N3O2/c21-20(22)27-18-6-2-1-5-14(18)15-10-16(15)19(26)25-9-8-24-12-17(25)13-4-3-7-23-11-13/h1-7,11,15-17,20,24H,8-10,12H2. The Hall–Kier alpha value is -2.54. The third-order valence-corrected chi connectivity index (χ3v) is 5.24. The minimum atomic E-state index is -2.87. The number of ether oxygens (including phenoxy) is 1. The first-order chi connectivity index (χ1) is 13.1. The number of halogens is 2. The number of pyridine rings is 1. The van der Waals surface area contributed by atoms with Crippen LogP contribution in [0.3, 0.4) is 0 Å². The zero-order valence-electron chi connectivity index (χ0n) is 14.7. The maximum absolute atomic E-state index is 13.2. The molecule has 2 aromatic rings. The molecule has 1 aromatic heterocycles. The molecule has 1 saturated carbocycles. The largest absolute Gasteiger partial charge is 0.435 e. The van der Waals surface area contributed by atoms with E-state index in [1.54, 1.807) is 30.6 Å². The SMILES string of the molecule is O=C(C1CC1c1ccccc1OC(F)F)N1CCNCC1c1cccnc1. The van der Waals surface area contributed by atoms with Gasteiger partial charge in [-0.25, -0.2) is 0 Å². The van der Waals surface area contributed by atoms with Gasteiger partial charge in [-0.15, -0.1) is 0 Å². The summed E-state index contributed by atoms with van der Waals surface area (Å²) in [5.41, 5.74) is 1.68. The molecule has 27 heavy (non-hydrogen) atoms. The number of piperazine rings is 1. The van der Waals surface area contributed by atoms with Gasteiger partial charge in [0, 0.05) is 37.9 Å². The highest BCUT2D eigenvalue weighted by Crippen LogP contribution is 2.52. The lowest BCUT2D eigenvalue weighted by Gasteiger charge is -2.36. The van der Waals surface area contributed by atoms with Gasteiger partial charge in [-0.3, -0.25) is 9.78 Å². The summed E-state index contributed by atoms with van der Waals surface area (Å²) in [4.78, 5) is 19.2. The number of alkyl halides is 2. The van der Waals surface area contributed by atoms with Gasteiger partial charge in [0.25, 0.3) is 0 Å². The first kappa shape index (κ1) is 17.9. The van der Waals surface area contributed by atoms with Gasteiger partial charge in [-0.1, -0.05) is 24.3 Å². The summed E-state index contributed by atoms with van der Waals surface area (Å²) in [5.74, 6) is -0.0271. The number of rotatable bonds is 5. The molecule has 3 atom stereocenters. The van der Waals surface area contributed by atoms with E-state index in [1.807, 2.05) is 17.0 Å². The number of nitrogens with one attached hydrogen (secondary N) is 1. The Morgan fingerprint density at radius 3 is 2.89 bits per heavy atom. The van der Waals surface area contributed by atoms with Crippen molar-refractivity contribution in [1.82, 2.24) is 15.2 Å². The highest BCUT2D eigenvalue weighted by Gasteiger charge is 2.48. The van der Waals surface area contributed by atoms with Gasteiger partial charge in [-0.05, 0) is 35.6 Å². The molecule has 4 rings (SSSR count). The molecular weight excluding hydrogens is 352 g/mol. The second-order valence-corrected chi connectivity index (χ2v) is 6.90. The Bertz CT molecular complexity index is 803. The Kier molecular flexibility index (Phi) is 5.03. The van der Waals surface area contributed by atoms with E-state index in [9.17, 15) is 13.6 Å². The van der Waals surface area contributed by atoms with Crippen molar-refractivity contribution in [3.8, 4) is 5.75 Å². The number of hydrogen-bond donors (Lipinski definition) is 1. The number of hydrogen-bond acceptors (Lipinski definition) is 4. The fraction of sp³-hybridized carbons (Fsp3) is 0.400. The van der Waals surface area contributed by atoms with E-state index < -0.39 is 6.61 Å². The van der Waals surface area contributed by atoms with Crippen LogP contribution in [-0.2, 0) is 4.79 Å². The maximum Gasteiger partial charge on any atom is 0.387 e. The highest BCUT2D eigenvalue weighted by molar-refractivity contribution is 5.84. The second-order valence-electron chi connectivity index (χ2n) is 6.90. The third kappa shape index (κ3) is 3.78. The second kappa shape index (κ2) is 7.60. The molecule has 0 bridgehead atoms. The number of amides is 1. The van der Waals surface area contributed by atoms with Crippen LogP contribution in [0, 0.1) is 5.92 Å². The van der Waals surface area contributed by atoms with Crippen LogP contribution in [0.1, 0.15) is 29.5 Å². The van der Waals surface area contributed by atoms with E-state index in [1.165, 1.54) is 6.07 Å². The number of aromatic nitrogens is 1. The predicted octanol–water partition coefficient (Wildman–Crippen LogP) is 2.96. The molecule has 142 valence electrons. The lowest BCUT2D eigenvalue weighted by Crippen LogP contribution is -2.49. The summed E-state index contributed by atoms with van der Waals surface area (Å²) in [7, 11) is 0. The van der Waals surface area contributed by atoms with Crippen molar-refractivity contribution in [2.45, 2.75) is 25.0 Å². The molecule has 0 radical (unpaired) electrons. The van der Waals surface area contributed by atoms with E-state index in [0.717, 1.165) is 12.1 Å². The van der Waals surface area contributed by atoms with Crippen molar-refractivity contribution >= 4 is 5.91 Å². The summed E-state index contributed by atoms with van der Waals surface area (Å²) in [5, 5.41) is 3.33. The first-order valence-corrected chi connectivity index (χ1v) is 9.10. The monoisotopic (exact) mass is 373 g/mol. The molecular formula is C20H21F2N3O2. The van der Waals surface area contributed by atoms with E-state index >= 15 is 0 Å². The van der Waals surface area contributed by atoms with E-state index in [-0.39, 0.29) is 29.5 Å². The fourth-order valence-electron chi connectivity index (χ4n) is 3.85. The minimum absolute atomic E-state index is 0.0613. The molecule has 2 fully saturated rings. The van der Waals surface area contributed by atoms with E-state index in [2.05, 4.69) is 15.0 Å². The van der Waals surface area contributed by atoms with Crippen LogP contribution in [0.25, 0.3) is 0 Å². The fourth-order valence-corrected chi connectivity index (χ4v) is 3.85. The normalized spacial score (nSPS) is 24.7. The van der Waals surface area contributed by atoms with Crippen LogP contribution in [-0.4, -0.2) is 42.0 Å². The van der Waals surface area contributed by atoms with Gasteiger partial charge >= 0.3 is 6.61 Å². The quantitative estimate of drug-likeness (QED) is 0.876. The number of carbonyl (C=O) groups excluding carboxylic acids is 1. The summed E-state index contributed by atoms with van der Waals surface area (Å²) < 4.78 is 30.0. The molecule has 1 amide bonds. The van der Waals surface area contributed by atoms with Crippen LogP contribution in [0.15, 0.2) is 48.8 Å². The zero-order valence-corrected chi connectivity index (χ0v) is 14.7. The molecule has 1 aliphatic carbocycles. The Balaban J connectivity index is 1.51. The summed E-state index contributed by atoms with van der Waals surface area (Å²) >= 11 is 0. The van der Waals surface area contributed by atoms with E-state index in [0.29, 0.717) is 25.1 Å². The van der Waals surface area contributed by atoms with Crippen molar-refractivity contribution in [3.63, 3.8) is 0 Å². The number of benzene rings is 1. The maximum atomic E-state index is 13.2. The van der Waals surface area contributed by atoms with Crippen LogP contribution in [0.5, 0.6) is 5.75 Å². The molecule has 7 heteroatoms. The molecule has 1 N–H and O–H groups in total. The molecule has 0 spiro atoms. The van der Waals surface area contributed by atoms with Gasteiger partial charge in [0.2, 0.25) is 5.91 Å². The number of nitrogens with zero attached hydrogens (tertiary/aromatic N) is 2. The lowest BCUT2D eigenvalue weighted by molar-refractivity contribution is -0.136. The number of carbonyl (C=O) groups is 1. The average molecular weight is 373 g/mol. The van der Waals surface area contributed by atoms with Crippen LogP contribution >= 0.6 is 0 Å². The summed E-state index contributed by atoms with van der Waals surface area (Å²) in [6, 6.07) is 10.5. The summed E-state index contributed by atoms with van der Waals surface area (Å²) in [6.07, 6.45) is 4.16. The lowest BCUT2D eigenvalue weighted by atomic mass is 10.0. The highest BCUT2D eigenvalue weighted by atomic mass is 19.3. The predicted molar refractivity (Wildman–Crippen MR) is 95.5 cm³/mol. The van der Waals surface area contributed by atoms with Gasteiger partial charge < -0.3 is 15.0 Å². The van der Waals surface area contributed by atoms with Crippen molar-refractivity contribution < 1.29 is 18.3 Å². The zero-order chi connectivity index (χ0) is 18.8. The third-order valence-electron chi connectivity index (χ3n) is 5.24. The Morgan fingerprint density at radius 1 is 1.26 bits per heavy atom. The van der Waals surface area contributed by atoms with Crippen LogP contribution in [0.2, 0.25) is 0 Å². The van der Waals surface area contributed by atoms with Crippen molar-refractivity contribution in [3.05, 3.63) is 59.9 Å². The van der Waals surface area contributed by atoms with Gasteiger partial charge in [-0.2, -0.15) is 8.78 Å². The topological polar surface area (TPSA) is 54.5 Å². The molecule has 2 heterocycles.